The van der Waals surface area contributed by atoms with Crippen molar-refractivity contribution in [3.8, 4) is 5.75 Å². The number of ether oxygens (including phenoxy) is 1. The van der Waals surface area contributed by atoms with Gasteiger partial charge in [0.25, 0.3) is 17.5 Å². The highest BCUT2D eigenvalue weighted by Gasteiger charge is 2.34. The van der Waals surface area contributed by atoms with Crippen LogP contribution in [0.4, 0.5) is 5.69 Å². The van der Waals surface area contributed by atoms with Crippen LogP contribution >= 0.6 is 0 Å². The maximum atomic E-state index is 12.3. The molecule has 0 fully saturated rings. The number of hydrogen-bond acceptors (Lipinski definition) is 5. The molecule has 7 heteroatoms. The molecule has 1 aliphatic rings. The van der Waals surface area contributed by atoms with Crippen LogP contribution in [0.5, 0.6) is 5.75 Å². The van der Waals surface area contributed by atoms with Gasteiger partial charge in [0.2, 0.25) is 0 Å². The van der Waals surface area contributed by atoms with Gasteiger partial charge in [-0.05, 0) is 24.6 Å². The van der Waals surface area contributed by atoms with Gasteiger partial charge in [0.15, 0.2) is 0 Å². The van der Waals surface area contributed by atoms with Crippen molar-refractivity contribution in [1.82, 2.24) is 4.90 Å². The maximum absolute atomic E-state index is 12.3. The molecule has 0 aliphatic carbocycles. The minimum Gasteiger partial charge on any atom is -0.496 e. The molecule has 0 aromatic heterocycles. The first-order valence-corrected chi connectivity index (χ1v) is 7.29. The number of hydrogen-bond donors (Lipinski definition) is 0. The van der Waals surface area contributed by atoms with E-state index < -0.39 is 4.92 Å². The summed E-state index contributed by atoms with van der Waals surface area (Å²) in [6, 6.07) is 10.9. The summed E-state index contributed by atoms with van der Waals surface area (Å²) in [7, 11) is 1.46. The molecular weight excluding hydrogens is 312 g/mol. The number of benzene rings is 2. The Morgan fingerprint density at radius 1 is 1.08 bits per heavy atom. The van der Waals surface area contributed by atoms with Crippen molar-refractivity contribution in [1.29, 1.82) is 0 Å². The molecule has 2 aromatic carbocycles. The minimum atomic E-state index is -0.495. The van der Waals surface area contributed by atoms with Crippen LogP contribution in [0.15, 0.2) is 42.5 Å². The molecule has 2 aromatic rings. The van der Waals surface area contributed by atoms with Gasteiger partial charge in [-0.25, -0.2) is 0 Å². The molecule has 0 unspecified atom stereocenters. The Hall–Kier alpha value is -3.22. The second kappa shape index (κ2) is 6.11. The first-order valence-electron chi connectivity index (χ1n) is 7.29. The van der Waals surface area contributed by atoms with E-state index in [2.05, 4.69) is 0 Å². The fourth-order valence-corrected chi connectivity index (χ4v) is 2.75. The van der Waals surface area contributed by atoms with Crippen molar-refractivity contribution in [2.45, 2.75) is 6.42 Å². The highest BCUT2D eigenvalue weighted by molar-refractivity contribution is 6.21. The number of imide groups is 1. The van der Waals surface area contributed by atoms with E-state index in [-0.39, 0.29) is 30.5 Å². The van der Waals surface area contributed by atoms with Gasteiger partial charge in [0, 0.05) is 24.2 Å². The van der Waals surface area contributed by atoms with E-state index in [1.54, 1.807) is 24.3 Å². The lowest BCUT2D eigenvalue weighted by Gasteiger charge is -2.15. The molecule has 0 bridgehead atoms. The molecular formula is C17H14N2O5. The molecule has 2 amide bonds. The molecule has 0 N–H and O–H groups in total. The average molecular weight is 326 g/mol. The minimum absolute atomic E-state index is 0.0619. The van der Waals surface area contributed by atoms with Gasteiger partial charge in [-0.2, -0.15) is 0 Å². The number of amides is 2. The van der Waals surface area contributed by atoms with Crippen molar-refractivity contribution < 1.29 is 19.2 Å². The number of rotatable bonds is 5. The summed E-state index contributed by atoms with van der Waals surface area (Å²) in [6.07, 6.45) is 0.274. The van der Waals surface area contributed by atoms with Crippen LogP contribution in [0.3, 0.4) is 0 Å². The van der Waals surface area contributed by atoms with E-state index in [0.717, 1.165) is 4.90 Å². The molecule has 1 heterocycles. The third kappa shape index (κ3) is 2.60. The number of nitro groups is 1. The fraction of sp³-hybridized carbons (Fsp3) is 0.176. The van der Waals surface area contributed by atoms with E-state index in [1.807, 2.05) is 0 Å². The zero-order chi connectivity index (χ0) is 17.3. The number of carbonyl (C=O) groups excluding carboxylic acids is 2. The smallest absolute Gasteiger partial charge is 0.269 e. The normalized spacial score (nSPS) is 13.1. The van der Waals surface area contributed by atoms with E-state index in [4.69, 9.17) is 4.74 Å². The molecule has 3 rings (SSSR count). The Balaban J connectivity index is 1.82. The van der Waals surface area contributed by atoms with Crippen molar-refractivity contribution in [3.05, 3.63) is 69.3 Å². The Kier molecular flexibility index (Phi) is 3.99. The van der Waals surface area contributed by atoms with Crippen molar-refractivity contribution >= 4 is 17.5 Å². The van der Waals surface area contributed by atoms with Crippen molar-refractivity contribution in [3.63, 3.8) is 0 Å². The molecule has 122 valence electrons. The largest absolute Gasteiger partial charge is 0.496 e. The van der Waals surface area contributed by atoms with Crippen LogP contribution in [-0.4, -0.2) is 35.3 Å². The van der Waals surface area contributed by atoms with E-state index in [9.17, 15) is 19.7 Å². The van der Waals surface area contributed by atoms with E-state index in [1.165, 1.54) is 25.3 Å². The maximum Gasteiger partial charge on any atom is 0.269 e. The Morgan fingerprint density at radius 2 is 1.71 bits per heavy atom. The van der Waals surface area contributed by atoms with Gasteiger partial charge in [-0.3, -0.25) is 24.6 Å². The molecule has 1 aliphatic heterocycles. The molecule has 0 atom stereocenters. The number of non-ortho nitro benzene ring substituents is 1. The molecule has 0 spiro atoms. The number of nitrogens with zero attached hydrogens (tertiary/aromatic N) is 2. The number of fused-ring (bicyclic) bond motifs is 1. The van der Waals surface area contributed by atoms with Gasteiger partial charge >= 0.3 is 0 Å². The van der Waals surface area contributed by atoms with Crippen LogP contribution in [0.1, 0.15) is 26.3 Å². The first-order chi connectivity index (χ1) is 11.5. The van der Waals surface area contributed by atoms with Gasteiger partial charge < -0.3 is 4.74 Å². The first kappa shape index (κ1) is 15.7. The molecule has 0 radical (unpaired) electrons. The van der Waals surface area contributed by atoms with Gasteiger partial charge in [0.05, 0.1) is 23.2 Å². The lowest BCUT2D eigenvalue weighted by Crippen LogP contribution is -2.31. The van der Waals surface area contributed by atoms with E-state index in [0.29, 0.717) is 22.4 Å². The molecule has 0 saturated heterocycles. The summed E-state index contributed by atoms with van der Waals surface area (Å²) >= 11 is 0. The van der Waals surface area contributed by atoms with Gasteiger partial charge in [-0.15, -0.1) is 0 Å². The quantitative estimate of drug-likeness (QED) is 0.478. The van der Waals surface area contributed by atoms with Crippen molar-refractivity contribution in [2.75, 3.05) is 13.7 Å². The summed E-state index contributed by atoms with van der Waals surface area (Å²) in [6.45, 7) is 0.129. The predicted molar refractivity (Wildman–Crippen MR) is 85.2 cm³/mol. The van der Waals surface area contributed by atoms with Crippen LogP contribution in [0, 0.1) is 10.1 Å². The SMILES string of the molecule is COc1ccc([N+](=O)[O-])cc1CCN1C(=O)c2ccccc2C1=O. The highest BCUT2D eigenvalue weighted by atomic mass is 16.6. The summed E-state index contributed by atoms with van der Waals surface area (Å²) in [5, 5.41) is 10.9. The third-order valence-electron chi connectivity index (χ3n) is 3.96. The van der Waals surface area contributed by atoms with Crippen molar-refractivity contribution in [2.24, 2.45) is 0 Å². The van der Waals surface area contributed by atoms with E-state index >= 15 is 0 Å². The Labute approximate surface area is 137 Å². The summed E-state index contributed by atoms with van der Waals surface area (Å²) in [5.74, 6) is -0.211. The zero-order valence-corrected chi connectivity index (χ0v) is 12.9. The monoisotopic (exact) mass is 326 g/mol. The van der Waals surface area contributed by atoms with Crippen LogP contribution < -0.4 is 4.74 Å². The van der Waals surface area contributed by atoms with Crippen LogP contribution in [0.2, 0.25) is 0 Å². The standard InChI is InChI=1S/C17H14N2O5/c1-24-15-7-6-12(19(22)23)10-11(15)8-9-18-16(20)13-4-2-3-5-14(13)17(18)21/h2-7,10H,8-9H2,1H3. The number of carbonyl (C=O) groups is 2. The predicted octanol–water partition coefficient (Wildman–Crippen LogP) is 2.44. The molecule has 7 nitrogen and oxygen atoms in total. The number of methoxy groups -OCH3 is 1. The highest BCUT2D eigenvalue weighted by Crippen LogP contribution is 2.27. The lowest BCUT2D eigenvalue weighted by molar-refractivity contribution is -0.384. The second-order valence-corrected chi connectivity index (χ2v) is 5.31. The summed E-state index contributed by atoms with van der Waals surface area (Å²) < 4.78 is 5.20. The van der Waals surface area contributed by atoms with Crippen LogP contribution in [0.25, 0.3) is 0 Å². The lowest BCUT2D eigenvalue weighted by atomic mass is 10.1. The molecule has 0 saturated carbocycles. The fourth-order valence-electron chi connectivity index (χ4n) is 2.75. The topological polar surface area (TPSA) is 89.8 Å². The number of nitro benzene ring substituents is 1. The average Bonchev–Trinajstić information content (AvgIpc) is 2.84. The zero-order valence-electron chi connectivity index (χ0n) is 12.9. The molecule has 24 heavy (non-hydrogen) atoms. The Bertz CT molecular complexity index is 812. The summed E-state index contributed by atoms with van der Waals surface area (Å²) in [4.78, 5) is 36.2. The summed E-state index contributed by atoms with van der Waals surface area (Å²) in [5.41, 5.74) is 1.28. The van der Waals surface area contributed by atoms with Crippen LogP contribution in [-0.2, 0) is 6.42 Å². The second-order valence-electron chi connectivity index (χ2n) is 5.31. The van der Waals surface area contributed by atoms with Gasteiger partial charge in [-0.1, -0.05) is 12.1 Å². The third-order valence-corrected chi connectivity index (χ3v) is 3.96. The Morgan fingerprint density at radius 3 is 2.25 bits per heavy atom. The van der Waals surface area contributed by atoms with Gasteiger partial charge in [0.1, 0.15) is 5.75 Å².